The molecule has 0 saturated carbocycles. The minimum absolute atomic E-state index is 0.135. The molecule has 0 heterocycles. The van der Waals surface area contributed by atoms with Crippen LogP contribution >= 0.6 is 0 Å². The summed E-state index contributed by atoms with van der Waals surface area (Å²) in [6.45, 7) is 1.10. The van der Waals surface area contributed by atoms with Crippen LogP contribution in [0.5, 0.6) is 5.75 Å². The van der Waals surface area contributed by atoms with Crippen LogP contribution in [0.3, 0.4) is 0 Å². The number of ether oxygens (including phenoxy) is 2. The number of aliphatic hydroxyl groups is 1. The highest BCUT2D eigenvalue weighted by atomic mass is 16.5. The number of hydrogen-bond donors (Lipinski definition) is 1. The summed E-state index contributed by atoms with van der Waals surface area (Å²) in [5, 5.41) is 8.95. The first-order valence-corrected chi connectivity index (χ1v) is 8.84. The van der Waals surface area contributed by atoms with Crippen LogP contribution in [0.2, 0.25) is 0 Å². The predicted octanol–water partition coefficient (Wildman–Crippen LogP) is 4.93. The molecule has 1 N–H and O–H groups in total. The van der Waals surface area contributed by atoms with Gasteiger partial charge in [-0.3, -0.25) is 0 Å². The molecule has 0 atom stereocenters. The summed E-state index contributed by atoms with van der Waals surface area (Å²) < 4.78 is 11.5. The van der Waals surface area contributed by atoms with Gasteiger partial charge in [0.1, 0.15) is 5.75 Å². The second-order valence-corrected chi connectivity index (χ2v) is 6.07. The van der Waals surface area contributed by atoms with Crippen LogP contribution in [-0.2, 0) is 11.3 Å². The van der Waals surface area contributed by atoms with Gasteiger partial charge >= 0.3 is 0 Å². The van der Waals surface area contributed by atoms with Crippen molar-refractivity contribution in [1.29, 1.82) is 0 Å². The van der Waals surface area contributed by atoms with Gasteiger partial charge in [-0.1, -0.05) is 60.7 Å². The van der Waals surface area contributed by atoms with E-state index in [1.165, 1.54) is 0 Å². The van der Waals surface area contributed by atoms with Gasteiger partial charge in [0, 0.05) is 18.8 Å². The Hall–Kier alpha value is -2.62. The molecule has 26 heavy (non-hydrogen) atoms. The Labute approximate surface area is 154 Å². The van der Waals surface area contributed by atoms with E-state index in [4.69, 9.17) is 14.6 Å². The van der Waals surface area contributed by atoms with Crippen molar-refractivity contribution < 1.29 is 14.6 Å². The first kappa shape index (κ1) is 18.2. The summed E-state index contributed by atoms with van der Waals surface area (Å²) in [5.74, 6) is 0.814. The van der Waals surface area contributed by atoms with Gasteiger partial charge < -0.3 is 14.6 Å². The first-order valence-electron chi connectivity index (χ1n) is 8.84. The lowest BCUT2D eigenvalue weighted by Crippen LogP contribution is -2.02. The molecule has 3 aromatic carbocycles. The highest BCUT2D eigenvalue weighted by Gasteiger charge is 2.14. The number of benzene rings is 3. The standard InChI is InChI=1S/C23H24O3/c1-25-23-16-20(18-9-4-2-5-10-18)15-21(19-11-6-3-7-12-19)22(23)17-26-14-8-13-24/h2-7,9-12,15-16,24H,8,13-14,17H2,1H3. The van der Waals surface area contributed by atoms with Crippen LogP contribution in [0.1, 0.15) is 12.0 Å². The molecular formula is C23H24O3. The molecular weight excluding hydrogens is 324 g/mol. The maximum absolute atomic E-state index is 8.95. The third kappa shape index (κ3) is 4.31. The van der Waals surface area contributed by atoms with Gasteiger partial charge in [-0.15, -0.1) is 0 Å². The summed E-state index contributed by atoms with van der Waals surface area (Å²) in [4.78, 5) is 0. The van der Waals surface area contributed by atoms with Crippen molar-refractivity contribution in [3.8, 4) is 28.0 Å². The third-order valence-electron chi connectivity index (χ3n) is 4.31. The van der Waals surface area contributed by atoms with Crippen LogP contribution in [0.15, 0.2) is 72.8 Å². The van der Waals surface area contributed by atoms with Crippen molar-refractivity contribution in [3.05, 3.63) is 78.4 Å². The summed E-state index contributed by atoms with van der Waals surface area (Å²) >= 11 is 0. The second-order valence-electron chi connectivity index (χ2n) is 6.07. The zero-order chi connectivity index (χ0) is 18.2. The van der Waals surface area contributed by atoms with E-state index in [-0.39, 0.29) is 6.61 Å². The average Bonchev–Trinajstić information content (AvgIpc) is 2.72. The molecule has 0 aliphatic rings. The van der Waals surface area contributed by atoms with Gasteiger partial charge in [-0.2, -0.15) is 0 Å². The Kier molecular flexibility index (Phi) is 6.42. The number of hydrogen-bond acceptors (Lipinski definition) is 3. The zero-order valence-electron chi connectivity index (χ0n) is 15.0. The molecule has 0 saturated heterocycles. The highest BCUT2D eigenvalue weighted by molar-refractivity contribution is 5.78. The van der Waals surface area contributed by atoms with E-state index in [9.17, 15) is 0 Å². The molecule has 3 rings (SSSR count). The van der Waals surface area contributed by atoms with Gasteiger partial charge in [0.15, 0.2) is 0 Å². The van der Waals surface area contributed by atoms with E-state index in [1.807, 2.05) is 36.4 Å². The lowest BCUT2D eigenvalue weighted by molar-refractivity contribution is 0.103. The van der Waals surface area contributed by atoms with E-state index in [0.29, 0.717) is 19.6 Å². The van der Waals surface area contributed by atoms with E-state index in [2.05, 4.69) is 36.4 Å². The van der Waals surface area contributed by atoms with Crippen LogP contribution < -0.4 is 4.74 Å². The summed E-state index contributed by atoms with van der Waals surface area (Å²) in [7, 11) is 1.69. The van der Waals surface area contributed by atoms with Crippen molar-refractivity contribution in [2.24, 2.45) is 0 Å². The predicted molar refractivity (Wildman–Crippen MR) is 105 cm³/mol. The quantitative estimate of drug-likeness (QED) is 0.587. The molecule has 0 aromatic heterocycles. The van der Waals surface area contributed by atoms with E-state index in [0.717, 1.165) is 33.6 Å². The largest absolute Gasteiger partial charge is 0.496 e. The van der Waals surface area contributed by atoms with Gasteiger partial charge in [0.25, 0.3) is 0 Å². The van der Waals surface area contributed by atoms with Crippen LogP contribution in [-0.4, -0.2) is 25.4 Å². The average molecular weight is 348 g/mol. The summed E-state index contributed by atoms with van der Waals surface area (Å²) in [6, 6.07) is 24.8. The maximum Gasteiger partial charge on any atom is 0.125 e. The molecule has 0 bridgehead atoms. The molecule has 3 heteroatoms. The molecule has 0 aliphatic carbocycles. The fourth-order valence-corrected chi connectivity index (χ4v) is 2.99. The van der Waals surface area contributed by atoms with Gasteiger partial charge in [0.05, 0.1) is 13.7 Å². The molecule has 0 radical (unpaired) electrons. The lowest BCUT2D eigenvalue weighted by atomic mass is 9.94. The number of aliphatic hydroxyl groups excluding tert-OH is 1. The molecule has 0 fully saturated rings. The van der Waals surface area contributed by atoms with Crippen molar-refractivity contribution in [1.82, 2.24) is 0 Å². The molecule has 0 unspecified atom stereocenters. The summed E-state index contributed by atoms with van der Waals surface area (Å²) in [6.07, 6.45) is 0.630. The molecule has 3 nitrogen and oxygen atoms in total. The Balaban J connectivity index is 2.06. The molecule has 134 valence electrons. The lowest BCUT2D eigenvalue weighted by Gasteiger charge is -2.17. The van der Waals surface area contributed by atoms with Crippen molar-refractivity contribution >= 4 is 0 Å². The first-order chi connectivity index (χ1) is 12.8. The fourth-order valence-electron chi connectivity index (χ4n) is 2.99. The molecule has 3 aromatic rings. The Bertz CT molecular complexity index is 814. The van der Waals surface area contributed by atoms with Crippen LogP contribution in [0.25, 0.3) is 22.3 Å². The summed E-state index contributed by atoms with van der Waals surface area (Å²) in [5.41, 5.74) is 5.52. The Morgan fingerprint density at radius 3 is 2.08 bits per heavy atom. The minimum Gasteiger partial charge on any atom is -0.496 e. The van der Waals surface area contributed by atoms with E-state index < -0.39 is 0 Å². The topological polar surface area (TPSA) is 38.7 Å². The zero-order valence-corrected chi connectivity index (χ0v) is 15.0. The van der Waals surface area contributed by atoms with Crippen molar-refractivity contribution in [2.75, 3.05) is 20.3 Å². The SMILES string of the molecule is COc1cc(-c2ccccc2)cc(-c2ccccc2)c1COCCCO. The van der Waals surface area contributed by atoms with Crippen LogP contribution in [0.4, 0.5) is 0 Å². The monoisotopic (exact) mass is 348 g/mol. The third-order valence-corrected chi connectivity index (χ3v) is 4.31. The van der Waals surface area contributed by atoms with Gasteiger partial charge in [-0.05, 0) is 40.8 Å². The Morgan fingerprint density at radius 1 is 0.808 bits per heavy atom. The van der Waals surface area contributed by atoms with Gasteiger partial charge in [-0.25, -0.2) is 0 Å². The number of rotatable bonds is 8. The minimum atomic E-state index is 0.135. The number of methoxy groups -OCH3 is 1. The normalized spacial score (nSPS) is 10.7. The van der Waals surface area contributed by atoms with Crippen molar-refractivity contribution in [2.45, 2.75) is 13.0 Å². The maximum atomic E-state index is 8.95. The molecule has 0 amide bonds. The van der Waals surface area contributed by atoms with Crippen molar-refractivity contribution in [3.63, 3.8) is 0 Å². The van der Waals surface area contributed by atoms with E-state index >= 15 is 0 Å². The molecule has 0 spiro atoms. The van der Waals surface area contributed by atoms with Crippen LogP contribution in [0, 0.1) is 0 Å². The smallest absolute Gasteiger partial charge is 0.125 e. The fraction of sp³-hybridized carbons (Fsp3) is 0.217. The van der Waals surface area contributed by atoms with Gasteiger partial charge in [0.2, 0.25) is 0 Å². The second kappa shape index (κ2) is 9.18. The molecule has 0 aliphatic heterocycles. The Morgan fingerprint density at radius 2 is 1.46 bits per heavy atom. The van der Waals surface area contributed by atoms with E-state index in [1.54, 1.807) is 7.11 Å². The highest BCUT2D eigenvalue weighted by Crippen LogP contribution is 2.36.